The van der Waals surface area contributed by atoms with Gasteiger partial charge in [-0.25, -0.2) is 13.1 Å². The summed E-state index contributed by atoms with van der Waals surface area (Å²) in [7, 11) is -1.79. The number of amides is 1. The highest BCUT2D eigenvalue weighted by molar-refractivity contribution is 7.99. The number of benzene rings is 2. The van der Waals surface area contributed by atoms with E-state index in [0.29, 0.717) is 24.3 Å². The first-order valence-corrected chi connectivity index (χ1v) is 12.0. The maximum atomic E-state index is 12.2. The molecule has 2 aromatic carbocycles. The van der Waals surface area contributed by atoms with Crippen molar-refractivity contribution < 1.29 is 17.9 Å². The third kappa shape index (κ3) is 8.47. The molecule has 29 heavy (non-hydrogen) atoms. The van der Waals surface area contributed by atoms with Crippen molar-refractivity contribution in [2.24, 2.45) is 0 Å². The van der Waals surface area contributed by atoms with Crippen LogP contribution in [-0.4, -0.2) is 33.2 Å². The summed E-state index contributed by atoms with van der Waals surface area (Å²) in [6.07, 6.45) is 0.381. The van der Waals surface area contributed by atoms with E-state index in [2.05, 4.69) is 10.0 Å². The van der Waals surface area contributed by atoms with Gasteiger partial charge in [-0.1, -0.05) is 24.3 Å². The van der Waals surface area contributed by atoms with Crippen LogP contribution in [-0.2, 0) is 27.1 Å². The molecule has 2 rings (SSSR count). The number of nitrogens with one attached hydrogen (secondary N) is 2. The summed E-state index contributed by atoms with van der Waals surface area (Å²) in [5.41, 5.74) is 1.49. The second-order valence-corrected chi connectivity index (χ2v) is 9.77. The Kier molecular flexibility index (Phi) is 9.00. The first-order chi connectivity index (χ1) is 13.8. The van der Waals surface area contributed by atoms with E-state index < -0.39 is 10.0 Å². The average molecular weight is 437 g/mol. The summed E-state index contributed by atoms with van der Waals surface area (Å²) in [5, 5.41) is 2.88. The summed E-state index contributed by atoms with van der Waals surface area (Å²) in [6, 6.07) is 14.8. The number of hydrogen-bond acceptors (Lipinski definition) is 5. The number of carbonyl (C=O) groups is 1. The Labute approximate surface area is 177 Å². The molecule has 1 amide bonds. The Hall–Kier alpha value is -2.03. The lowest BCUT2D eigenvalue weighted by Crippen LogP contribution is -2.32. The normalized spacial score (nSPS) is 11.4. The number of sulfonamides is 1. The van der Waals surface area contributed by atoms with Crippen LogP contribution in [0.1, 0.15) is 31.4 Å². The Morgan fingerprint density at radius 2 is 1.72 bits per heavy atom. The zero-order valence-electron chi connectivity index (χ0n) is 17.0. The van der Waals surface area contributed by atoms with Crippen molar-refractivity contribution in [1.29, 1.82) is 0 Å². The number of thioether (sulfide) groups is 1. The molecule has 6 nitrogen and oxygen atoms in total. The van der Waals surface area contributed by atoms with Gasteiger partial charge in [0.25, 0.3) is 0 Å². The van der Waals surface area contributed by atoms with Gasteiger partial charge in [0.15, 0.2) is 0 Å². The van der Waals surface area contributed by atoms with Crippen LogP contribution < -0.4 is 14.8 Å². The molecule has 0 aliphatic rings. The van der Waals surface area contributed by atoms with E-state index in [-0.39, 0.29) is 17.7 Å². The summed E-state index contributed by atoms with van der Waals surface area (Å²) in [4.78, 5) is 13.2. The van der Waals surface area contributed by atoms with Gasteiger partial charge in [-0.3, -0.25) is 4.79 Å². The van der Waals surface area contributed by atoms with Gasteiger partial charge in [0.2, 0.25) is 15.9 Å². The molecule has 0 heterocycles. The molecule has 0 fully saturated rings. The average Bonchev–Trinajstić information content (AvgIpc) is 2.66. The summed E-state index contributed by atoms with van der Waals surface area (Å²) in [5.74, 6) is 1.29. The molecule has 0 spiro atoms. The Bertz CT molecular complexity index is 897. The zero-order valence-corrected chi connectivity index (χ0v) is 18.6. The summed E-state index contributed by atoms with van der Waals surface area (Å²) >= 11 is 1.60. The molecule has 0 saturated carbocycles. The monoisotopic (exact) mass is 436 g/mol. The van der Waals surface area contributed by atoms with Crippen molar-refractivity contribution in [3.8, 4) is 5.75 Å². The van der Waals surface area contributed by atoms with E-state index in [1.165, 1.54) is 0 Å². The number of carbonyl (C=O) groups excluding carboxylic acids is 1. The second-order valence-electron chi connectivity index (χ2n) is 6.85. The Morgan fingerprint density at radius 1 is 1.07 bits per heavy atom. The lowest BCUT2D eigenvalue weighted by molar-refractivity contribution is -0.120. The van der Waals surface area contributed by atoms with Crippen molar-refractivity contribution in [2.45, 2.75) is 43.5 Å². The van der Waals surface area contributed by atoms with Crippen LogP contribution >= 0.6 is 11.8 Å². The van der Waals surface area contributed by atoms with Gasteiger partial charge >= 0.3 is 0 Å². The summed E-state index contributed by atoms with van der Waals surface area (Å²) in [6.45, 7) is 3.88. The molecule has 2 N–H and O–H groups in total. The van der Waals surface area contributed by atoms with E-state index in [9.17, 15) is 13.2 Å². The number of methoxy groups -OCH3 is 1. The highest BCUT2D eigenvalue weighted by Crippen LogP contribution is 2.21. The van der Waals surface area contributed by atoms with Gasteiger partial charge in [0.05, 0.1) is 12.9 Å². The molecule has 0 atom stereocenters. The lowest BCUT2D eigenvalue weighted by Gasteiger charge is -2.13. The van der Waals surface area contributed by atoms with Crippen LogP contribution in [0.25, 0.3) is 0 Å². The molecular weight excluding hydrogens is 408 g/mol. The minimum atomic E-state index is -3.42. The van der Waals surface area contributed by atoms with Crippen LogP contribution in [0, 0.1) is 0 Å². The topological polar surface area (TPSA) is 84.5 Å². The first kappa shape index (κ1) is 23.3. The molecule has 0 bridgehead atoms. The van der Waals surface area contributed by atoms with Crippen molar-refractivity contribution in [3.63, 3.8) is 0 Å². The fraction of sp³-hybridized carbons (Fsp3) is 0.381. The standard InChI is InChI=1S/C21H28N2O4S2/c1-16(2)23-29(25,26)15-18-7-5-4-6-17(18)14-22-21(24)12-13-28-20-10-8-19(27-3)9-11-20/h4-11,16,23H,12-15H2,1-3H3,(H,22,24). The molecule has 0 aliphatic heterocycles. The minimum Gasteiger partial charge on any atom is -0.497 e. The van der Waals surface area contributed by atoms with Crippen LogP contribution in [0.15, 0.2) is 53.4 Å². The van der Waals surface area contributed by atoms with E-state index in [1.807, 2.05) is 36.4 Å². The maximum absolute atomic E-state index is 12.2. The SMILES string of the molecule is COc1ccc(SCCC(=O)NCc2ccccc2CS(=O)(=O)NC(C)C)cc1. The number of rotatable bonds is 11. The summed E-state index contributed by atoms with van der Waals surface area (Å²) < 4.78 is 32.1. The van der Waals surface area contributed by atoms with Gasteiger partial charge in [-0.15, -0.1) is 11.8 Å². The molecule has 0 radical (unpaired) electrons. The van der Waals surface area contributed by atoms with E-state index in [0.717, 1.165) is 16.2 Å². The zero-order chi connectivity index (χ0) is 21.3. The van der Waals surface area contributed by atoms with Crippen LogP contribution in [0.4, 0.5) is 0 Å². The van der Waals surface area contributed by atoms with Gasteiger partial charge in [-0.05, 0) is 49.2 Å². The number of hydrogen-bond donors (Lipinski definition) is 2. The quantitative estimate of drug-likeness (QED) is 0.528. The van der Waals surface area contributed by atoms with E-state index >= 15 is 0 Å². The van der Waals surface area contributed by atoms with Gasteiger partial charge in [0.1, 0.15) is 5.75 Å². The third-order valence-electron chi connectivity index (χ3n) is 4.01. The maximum Gasteiger partial charge on any atom is 0.221 e. The van der Waals surface area contributed by atoms with Crippen molar-refractivity contribution >= 4 is 27.7 Å². The van der Waals surface area contributed by atoms with Crippen molar-refractivity contribution in [1.82, 2.24) is 10.0 Å². The highest BCUT2D eigenvalue weighted by atomic mass is 32.2. The smallest absolute Gasteiger partial charge is 0.221 e. The van der Waals surface area contributed by atoms with E-state index in [1.54, 1.807) is 44.9 Å². The minimum absolute atomic E-state index is 0.0658. The Balaban J connectivity index is 1.83. The van der Waals surface area contributed by atoms with Crippen molar-refractivity contribution in [2.75, 3.05) is 12.9 Å². The number of ether oxygens (including phenoxy) is 1. The van der Waals surface area contributed by atoms with E-state index in [4.69, 9.17) is 4.74 Å². The molecule has 8 heteroatoms. The van der Waals surface area contributed by atoms with Crippen LogP contribution in [0.5, 0.6) is 5.75 Å². The van der Waals surface area contributed by atoms with Crippen LogP contribution in [0.3, 0.4) is 0 Å². The van der Waals surface area contributed by atoms with Crippen LogP contribution in [0.2, 0.25) is 0 Å². The van der Waals surface area contributed by atoms with Crippen molar-refractivity contribution in [3.05, 3.63) is 59.7 Å². The van der Waals surface area contributed by atoms with Gasteiger partial charge in [0, 0.05) is 29.7 Å². The predicted octanol–water partition coefficient (Wildman–Crippen LogP) is 3.32. The molecule has 2 aromatic rings. The fourth-order valence-corrected chi connectivity index (χ4v) is 5.04. The molecule has 0 aromatic heterocycles. The van der Waals surface area contributed by atoms with Gasteiger partial charge < -0.3 is 10.1 Å². The third-order valence-corrected chi connectivity index (χ3v) is 6.55. The second kappa shape index (κ2) is 11.2. The molecular formula is C21H28N2O4S2. The highest BCUT2D eigenvalue weighted by Gasteiger charge is 2.15. The Morgan fingerprint density at radius 3 is 2.34 bits per heavy atom. The van der Waals surface area contributed by atoms with Gasteiger partial charge in [-0.2, -0.15) is 0 Å². The largest absolute Gasteiger partial charge is 0.497 e. The predicted molar refractivity (Wildman–Crippen MR) is 118 cm³/mol. The molecule has 158 valence electrons. The fourth-order valence-electron chi connectivity index (χ4n) is 2.69. The molecule has 0 aliphatic carbocycles. The lowest BCUT2D eigenvalue weighted by atomic mass is 10.1. The molecule has 0 unspecified atom stereocenters. The first-order valence-electron chi connectivity index (χ1n) is 9.39. The molecule has 0 saturated heterocycles.